The van der Waals surface area contributed by atoms with Gasteiger partial charge in [0.2, 0.25) is 5.91 Å². The van der Waals surface area contributed by atoms with Crippen LogP contribution in [-0.4, -0.2) is 62.3 Å². The van der Waals surface area contributed by atoms with Crippen LogP contribution in [-0.2, 0) is 16.1 Å². The molecule has 1 aromatic carbocycles. The maximum Gasteiger partial charge on any atom is 0.242 e. The van der Waals surface area contributed by atoms with E-state index >= 15 is 0 Å². The summed E-state index contributed by atoms with van der Waals surface area (Å²) < 4.78 is 7.05. The van der Waals surface area contributed by atoms with E-state index in [9.17, 15) is 4.79 Å². The zero-order chi connectivity index (χ0) is 19.2. The monoisotopic (exact) mass is 379 g/mol. The molecule has 1 aliphatic rings. The van der Waals surface area contributed by atoms with Crippen molar-refractivity contribution in [1.82, 2.24) is 35.4 Å². The predicted octanol–water partition coefficient (Wildman–Crippen LogP) is 0.747. The first-order valence-corrected chi connectivity index (χ1v) is 9.15. The molecule has 1 N–H and O–H groups in total. The van der Waals surface area contributed by atoms with Crippen molar-refractivity contribution < 1.29 is 9.53 Å². The highest BCUT2D eigenvalue weighted by molar-refractivity contribution is 5.83. The van der Waals surface area contributed by atoms with Crippen LogP contribution in [0.4, 0.5) is 0 Å². The minimum Gasteiger partial charge on any atom is -0.379 e. The normalized spacial score (nSPS) is 15.9. The minimum atomic E-state index is -0.432. The highest BCUT2D eigenvalue weighted by atomic mass is 16.5. The lowest BCUT2D eigenvalue weighted by Gasteiger charge is -2.33. The number of benzene rings is 1. The Balaban J connectivity index is 1.50. The summed E-state index contributed by atoms with van der Waals surface area (Å²) in [6, 6.07) is 12.9. The number of nitrogens with zero attached hydrogens (tertiary/aromatic N) is 6. The number of amides is 1. The van der Waals surface area contributed by atoms with Crippen LogP contribution in [0.25, 0.3) is 5.69 Å². The molecule has 0 bridgehead atoms. The van der Waals surface area contributed by atoms with E-state index in [1.54, 1.807) is 17.1 Å². The molecule has 3 heterocycles. The lowest BCUT2D eigenvalue weighted by molar-refractivity contribution is -0.128. The van der Waals surface area contributed by atoms with Gasteiger partial charge in [-0.15, -0.1) is 5.10 Å². The second-order valence-corrected chi connectivity index (χ2v) is 6.40. The van der Waals surface area contributed by atoms with Crippen LogP contribution in [0.3, 0.4) is 0 Å². The van der Waals surface area contributed by atoms with Crippen molar-refractivity contribution in [2.75, 3.05) is 26.3 Å². The van der Waals surface area contributed by atoms with Gasteiger partial charge in [-0.05, 0) is 34.2 Å². The molecule has 0 radical (unpaired) electrons. The second-order valence-electron chi connectivity index (χ2n) is 6.40. The topological polar surface area (TPSA) is 98.1 Å². The zero-order valence-electron chi connectivity index (χ0n) is 15.3. The van der Waals surface area contributed by atoms with Crippen molar-refractivity contribution >= 4 is 5.91 Å². The van der Waals surface area contributed by atoms with E-state index in [0.717, 1.165) is 11.3 Å². The number of nitrogens with one attached hydrogen (secondary N) is 1. The van der Waals surface area contributed by atoms with Crippen molar-refractivity contribution in [3.05, 3.63) is 66.2 Å². The van der Waals surface area contributed by atoms with Gasteiger partial charge >= 0.3 is 0 Å². The molecule has 0 spiro atoms. The third-order valence-corrected chi connectivity index (χ3v) is 4.61. The van der Waals surface area contributed by atoms with Crippen LogP contribution in [0.1, 0.15) is 17.4 Å². The fourth-order valence-electron chi connectivity index (χ4n) is 3.25. The summed E-state index contributed by atoms with van der Waals surface area (Å²) in [6.07, 6.45) is 3.43. The van der Waals surface area contributed by atoms with E-state index < -0.39 is 6.04 Å². The molecule has 9 nitrogen and oxygen atoms in total. The number of carbonyl (C=O) groups excluding carboxylic acids is 1. The highest BCUT2D eigenvalue weighted by Gasteiger charge is 2.29. The van der Waals surface area contributed by atoms with Crippen LogP contribution >= 0.6 is 0 Å². The molecular weight excluding hydrogens is 358 g/mol. The van der Waals surface area contributed by atoms with Crippen LogP contribution < -0.4 is 5.32 Å². The van der Waals surface area contributed by atoms with E-state index in [4.69, 9.17) is 4.74 Å². The Bertz CT molecular complexity index is 895. The molecule has 28 heavy (non-hydrogen) atoms. The van der Waals surface area contributed by atoms with Gasteiger partial charge in [0, 0.05) is 25.5 Å². The summed E-state index contributed by atoms with van der Waals surface area (Å²) >= 11 is 0. The van der Waals surface area contributed by atoms with Gasteiger partial charge in [-0.1, -0.05) is 24.3 Å². The predicted molar refractivity (Wildman–Crippen MR) is 100 cm³/mol. The molecule has 0 aliphatic carbocycles. The van der Waals surface area contributed by atoms with Crippen molar-refractivity contribution in [2.24, 2.45) is 0 Å². The Morgan fingerprint density at radius 3 is 2.71 bits per heavy atom. The first-order chi connectivity index (χ1) is 13.8. The Morgan fingerprint density at radius 1 is 1.14 bits per heavy atom. The van der Waals surface area contributed by atoms with Crippen LogP contribution in [0.5, 0.6) is 0 Å². The van der Waals surface area contributed by atoms with Gasteiger partial charge in [0.05, 0.1) is 25.4 Å². The van der Waals surface area contributed by atoms with Gasteiger partial charge in [-0.2, -0.15) is 4.68 Å². The van der Waals surface area contributed by atoms with E-state index in [1.807, 2.05) is 42.5 Å². The van der Waals surface area contributed by atoms with Gasteiger partial charge < -0.3 is 10.1 Å². The summed E-state index contributed by atoms with van der Waals surface area (Å²) in [5.41, 5.74) is 1.69. The van der Waals surface area contributed by atoms with Crippen molar-refractivity contribution in [2.45, 2.75) is 12.6 Å². The fourth-order valence-corrected chi connectivity index (χ4v) is 3.25. The standard InChI is InChI=1S/C19H21N7O2/c27-19(18(15-5-4-8-20-13-15)25-9-11-28-12-10-25)21-14-17-22-23-24-26(17)16-6-2-1-3-7-16/h1-8,13,18H,9-12,14H2,(H,21,27)/t18-/m1/s1. The summed E-state index contributed by atoms with van der Waals surface area (Å²) in [7, 11) is 0. The maximum absolute atomic E-state index is 13.1. The molecule has 1 amide bonds. The van der Waals surface area contributed by atoms with Crippen LogP contribution in [0.2, 0.25) is 0 Å². The number of hydrogen-bond donors (Lipinski definition) is 1. The second kappa shape index (κ2) is 8.68. The van der Waals surface area contributed by atoms with Crippen molar-refractivity contribution in [1.29, 1.82) is 0 Å². The number of morpholine rings is 1. The summed E-state index contributed by atoms with van der Waals surface area (Å²) in [4.78, 5) is 19.4. The van der Waals surface area contributed by atoms with E-state index in [-0.39, 0.29) is 12.5 Å². The minimum absolute atomic E-state index is 0.113. The molecule has 1 saturated heterocycles. The smallest absolute Gasteiger partial charge is 0.242 e. The lowest BCUT2D eigenvalue weighted by atomic mass is 10.1. The van der Waals surface area contributed by atoms with Crippen molar-refractivity contribution in [3.8, 4) is 5.69 Å². The molecule has 0 saturated carbocycles. The van der Waals surface area contributed by atoms with E-state index in [2.05, 4.69) is 30.7 Å². The molecule has 0 unspecified atom stereocenters. The van der Waals surface area contributed by atoms with Gasteiger partial charge in [0.1, 0.15) is 6.04 Å². The Kier molecular flexibility index (Phi) is 5.64. The average Bonchev–Trinajstić information content (AvgIpc) is 3.23. The summed E-state index contributed by atoms with van der Waals surface area (Å²) in [6.45, 7) is 2.82. The lowest BCUT2D eigenvalue weighted by Crippen LogP contribution is -2.45. The van der Waals surface area contributed by atoms with Gasteiger partial charge in [0.25, 0.3) is 0 Å². The molecule has 1 aliphatic heterocycles. The number of pyridine rings is 1. The molecule has 1 fully saturated rings. The van der Waals surface area contributed by atoms with Gasteiger partial charge in [-0.25, -0.2) is 0 Å². The van der Waals surface area contributed by atoms with E-state index in [0.29, 0.717) is 32.1 Å². The number of carbonyl (C=O) groups is 1. The number of rotatable bonds is 6. The molecule has 4 rings (SSSR count). The number of para-hydroxylation sites is 1. The van der Waals surface area contributed by atoms with Crippen molar-refractivity contribution in [3.63, 3.8) is 0 Å². The fraction of sp³-hybridized carbons (Fsp3) is 0.316. The van der Waals surface area contributed by atoms with Gasteiger partial charge in [0.15, 0.2) is 5.82 Å². The maximum atomic E-state index is 13.1. The van der Waals surface area contributed by atoms with Gasteiger partial charge in [-0.3, -0.25) is 14.7 Å². The molecule has 144 valence electrons. The van der Waals surface area contributed by atoms with Crippen LogP contribution in [0.15, 0.2) is 54.9 Å². The number of ether oxygens (including phenoxy) is 1. The largest absolute Gasteiger partial charge is 0.379 e. The quantitative estimate of drug-likeness (QED) is 0.675. The highest BCUT2D eigenvalue weighted by Crippen LogP contribution is 2.21. The SMILES string of the molecule is O=C(NCc1nnnn1-c1ccccc1)[C@@H](c1cccnc1)N1CCOCC1. The third kappa shape index (κ3) is 4.05. The number of hydrogen-bond acceptors (Lipinski definition) is 7. The third-order valence-electron chi connectivity index (χ3n) is 4.61. The summed E-state index contributed by atoms with van der Waals surface area (Å²) in [5, 5.41) is 14.8. The van der Waals surface area contributed by atoms with Crippen LogP contribution in [0, 0.1) is 0 Å². The Labute approximate surface area is 162 Å². The summed E-state index contributed by atoms with van der Waals surface area (Å²) in [5.74, 6) is 0.448. The average molecular weight is 379 g/mol. The Morgan fingerprint density at radius 2 is 1.96 bits per heavy atom. The molecule has 2 aromatic heterocycles. The van der Waals surface area contributed by atoms with E-state index in [1.165, 1.54) is 0 Å². The Hall–Kier alpha value is -3.17. The number of tetrazole rings is 1. The first-order valence-electron chi connectivity index (χ1n) is 9.15. The molecule has 9 heteroatoms. The first kappa shape index (κ1) is 18.2. The molecule has 3 aromatic rings. The molecule has 1 atom stereocenters. The molecular formula is C19H21N7O2. The number of aromatic nitrogens is 5. The zero-order valence-corrected chi connectivity index (χ0v) is 15.3.